The Morgan fingerprint density at radius 3 is 2.58 bits per heavy atom. The first-order valence-corrected chi connectivity index (χ1v) is 6.68. The molecule has 19 heavy (non-hydrogen) atoms. The van der Waals surface area contributed by atoms with Gasteiger partial charge in [0.15, 0.2) is 0 Å². The lowest BCUT2D eigenvalue weighted by molar-refractivity contribution is 0.102. The first-order valence-electron chi connectivity index (χ1n) is 5.74. The molecule has 1 aromatic carbocycles. The Balaban J connectivity index is 2.12. The molecule has 0 aliphatic rings. The van der Waals surface area contributed by atoms with Crippen LogP contribution >= 0.6 is 11.3 Å². The Bertz CT molecular complexity index is 609. The van der Waals surface area contributed by atoms with E-state index in [-0.39, 0.29) is 5.91 Å². The highest BCUT2D eigenvalue weighted by Gasteiger charge is 2.19. The number of nitrogens with one attached hydrogen (secondary N) is 1. The number of amides is 1. The quantitative estimate of drug-likeness (QED) is 0.932. The average Bonchev–Trinajstić information content (AvgIpc) is 2.93. The van der Waals surface area contributed by atoms with Crippen molar-refractivity contribution >= 4 is 22.9 Å². The number of carbonyl (C=O) groups is 1. The van der Waals surface area contributed by atoms with Gasteiger partial charge in [0.25, 0.3) is 5.91 Å². The molecule has 0 spiro atoms. The van der Waals surface area contributed by atoms with Crippen molar-refractivity contribution in [1.82, 2.24) is 4.98 Å². The lowest BCUT2D eigenvalue weighted by atomic mass is 9.86. The predicted octanol–water partition coefficient (Wildman–Crippen LogP) is 3.20. The summed E-state index contributed by atoms with van der Waals surface area (Å²) < 4.78 is 0. The maximum absolute atomic E-state index is 11.8. The van der Waals surface area contributed by atoms with Gasteiger partial charge in [0, 0.05) is 11.1 Å². The van der Waals surface area contributed by atoms with Crippen LogP contribution in [0.1, 0.15) is 29.9 Å². The van der Waals surface area contributed by atoms with Crippen molar-refractivity contribution in [2.75, 3.05) is 5.32 Å². The molecule has 0 saturated carbocycles. The minimum Gasteiger partial charge on any atom is -0.321 e. The van der Waals surface area contributed by atoms with Gasteiger partial charge in [-0.05, 0) is 31.5 Å². The minimum absolute atomic E-state index is 0.228. The molecule has 1 aromatic heterocycles. The van der Waals surface area contributed by atoms with Crippen molar-refractivity contribution in [2.45, 2.75) is 19.3 Å². The molecule has 0 atom stereocenters. The maximum atomic E-state index is 11.8. The fourth-order valence-electron chi connectivity index (χ4n) is 1.55. The summed E-state index contributed by atoms with van der Waals surface area (Å²) in [5.74, 6) is -0.228. The third-order valence-electron chi connectivity index (χ3n) is 2.81. The molecule has 2 aromatic rings. The number of nitrogens with zero attached hydrogens (tertiary/aromatic N) is 2. The van der Waals surface area contributed by atoms with Crippen molar-refractivity contribution in [3.8, 4) is 6.07 Å². The van der Waals surface area contributed by atoms with Crippen LogP contribution in [0.5, 0.6) is 0 Å². The summed E-state index contributed by atoms with van der Waals surface area (Å²) in [5.41, 5.74) is 3.11. The molecular weight excluding hydrogens is 258 g/mol. The van der Waals surface area contributed by atoms with Crippen LogP contribution < -0.4 is 5.32 Å². The van der Waals surface area contributed by atoms with Crippen LogP contribution in [0.3, 0.4) is 0 Å². The lowest BCUT2D eigenvalue weighted by Crippen LogP contribution is -2.15. The zero-order valence-electron chi connectivity index (χ0n) is 10.7. The van der Waals surface area contributed by atoms with Crippen molar-refractivity contribution < 1.29 is 4.79 Å². The van der Waals surface area contributed by atoms with E-state index in [1.54, 1.807) is 23.0 Å². The molecule has 96 valence electrons. The van der Waals surface area contributed by atoms with Crippen LogP contribution in [-0.2, 0) is 5.41 Å². The molecule has 5 heteroatoms. The predicted molar refractivity (Wildman–Crippen MR) is 75.1 cm³/mol. The van der Waals surface area contributed by atoms with Gasteiger partial charge in [0.1, 0.15) is 5.69 Å². The van der Waals surface area contributed by atoms with Crippen LogP contribution in [-0.4, -0.2) is 10.9 Å². The number of thiazole rings is 1. The Morgan fingerprint density at radius 2 is 2.05 bits per heavy atom. The molecule has 1 heterocycles. The third kappa shape index (κ3) is 2.98. The highest BCUT2D eigenvalue weighted by Crippen LogP contribution is 2.23. The Kier molecular flexibility index (Phi) is 3.63. The zero-order chi connectivity index (χ0) is 13.9. The molecule has 0 fully saturated rings. The van der Waals surface area contributed by atoms with Gasteiger partial charge in [-0.1, -0.05) is 12.1 Å². The Morgan fingerprint density at radius 1 is 1.37 bits per heavy atom. The Labute approximate surface area is 115 Å². The molecule has 2 rings (SSSR count). The van der Waals surface area contributed by atoms with Crippen LogP contribution in [0.25, 0.3) is 0 Å². The highest BCUT2D eigenvalue weighted by atomic mass is 32.1. The summed E-state index contributed by atoms with van der Waals surface area (Å²) in [4.78, 5) is 15.7. The molecule has 0 radical (unpaired) electrons. The molecule has 0 aliphatic heterocycles. The normalized spacial score (nSPS) is 10.8. The van der Waals surface area contributed by atoms with E-state index in [4.69, 9.17) is 5.26 Å². The first kappa shape index (κ1) is 13.2. The van der Waals surface area contributed by atoms with Gasteiger partial charge in [-0.3, -0.25) is 4.79 Å². The van der Waals surface area contributed by atoms with Gasteiger partial charge in [-0.25, -0.2) is 4.98 Å². The number of hydrogen-bond acceptors (Lipinski definition) is 4. The second kappa shape index (κ2) is 5.21. The van der Waals surface area contributed by atoms with Crippen molar-refractivity contribution in [1.29, 1.82) is 5.26 Å². The van der Waals surface area contributed by atoms with Crippen LogP contribution in [0.15, 0.2) is 35.2 Å². The lowest BCUT2D eigenvalue weighted by Gasteiger charge is -2.16. The van der Waals surface area contributed by atoms with Gasteiger partial charge >= 0.3 is 0 Å². The van der Waals surface area contributed by atoms with E-state index in [1.165, 1.54) is 11.3 Å². The largest absolute Gasteiger partial charge is 0.321 e. The number of aromatic nitrogens is 1. The van der Waals surface area contributed by atoms with Gasteiger partial charge in [-0.15, -0.1) is 11.3 Å². The molecule has 1 amide bonds. The molecule has 0 unspecified atom stereocenters. The van der Waals surface area contributed by atoms with Crippen molar-refractivity contribution in [3.05, 3.63) is 46.4 Å². The van der Waals surface area contributed by atoms with Gasteiger partial charge in [0.05, 0.1) is 17.0 Å². The first-order chi connectivity index (χ1) is 9.03. The summed E-state index contributed by atoms with van der Waals surface area (Å²) in [6.07, 6.45) is 0. The van der Waals surface area contributed by atoms with E-state index in [9.17, 15) is 4.79 Å². The van der Waals surface area contributed by atoms with Gasteiger partial charge < -0.3 is 5.32 Å². The van der Waals surface area contributed by atoms with E-state index < -0.39 is 5.41 Å². The smallest absolute Gasteiger partial charge is 0.275 e. The standard InChI is InChI=1S/C14H13N3OS/c1-14(2,8-15)10-3-5-11(6-4-10)17-13(18)12-7-19-9-16-12/h3-7,9H,1-2H3,(H,17,18). The summed E-state index contributed by atoms with van der Waals surface area (Å²) in [7, 11) is 0. The van der Waals surface area contributed by atoms with E-state index >= 15 is 0 Å². The van der Waals surface area contributed by atoms with Crippen LogP contribution in [0.4, 0.5) is 5.69 Å². The van der Waals surface area contributed by atoms with Gasteiger partial charge in [-0.2, -0.15) is 5.26 Å². The van der Waals surface area contributed by atoms with Crippen LogP contribution in [0.2, 0.25) is 0 Å². The van der Waals surface area contributed by atoms with E-state index in [2.05, 4.69) is 16.4 Å². The number of nitriles is 1. The monoisotopic (exact) mass is 271 g/mol. The number of carbonyl (C=O) groups excluding carboxylic acids is 1. The molecule has 1 N–H and O–H groups in total. The fourth-order valence-corrected chi connectivity index (χ4v) is 2.09. The molecule has 0 bridgehead atoms. The van der Waals surface area contributed by atoms with Crippen molar-refractivity contribution in [3.63, 3.8) is 0 Å². The van der Waals surface area contributed by atoms with Gasteiger partial charge in [0.2, 0.25) is 0 Å². The number of anilines is 1. The number of benzene rings is 1. The molecule has 0 saturated heterocycles. The molecule has 0 aliphatic carbocycles. The third-order valence-corrected chi connectivity index (χ3v) is 3.40. The minimum atomic E-state index is -0.530. The summed E-state index contributed by atoms with van der Waals surface area (Å²) in [5, 5.41) is 13.5. The summed E-state index contributed by atoms with van der Waals surface area (Å²) >= 11 is 1.38. The van der Waals surface area contributed by atoms with E-state index in [1.807, 2.05) is 26.0 Å². The second-order valence-electron chi connectivity index (χ2n) is 4.64. The molecular formula is C14H13N3OS. The SMILES string of the molecule is CC(C)(C#N)c1ccc(NC(=O)c2cscn2)cc1. The highest BCUT2D eigenvalue weighted by molar-refractivity contribution is 7.07. The number of hydrogen-bond donors (Lipinski definition) is 1. The fraction of sp³-hybridized carbons (Fsp3) is 0.214. The summed E-state index contributed by atoms with van der Waals surface area (Å²) in [6, 6.07) is 9.52. The van der Waals surface area contributed by atoms with E-state index in [0.717, 1.165) is 5.56 Å². The van der Waals surface area contributed by atoms with E-state index in [0.29, 0.717) is 11.4 Å². The number of rotatable bonds is 3. The zero-order valence-corrected chi connectivity index (χ0v) is 11.5. The van der Waals surface area contributed by atoms with Crippen LogP contribution in [0, 0.1) is 11.3 Å². The topological polar surface area (TPSA) is 65.8 Å². The summed E-state index contributed by atoms with van der Waals surface area (Å²) in [6.45, 7) is 3.71. The second-order valence-corrected chi connectivity index (χ2v) is 5.36. The van der Waals surface area contributed by atoms with Crippen molar-refractivity contribution in [2.24, 2.45) is 0 Å². The Hall–Kier alpha value is -2.19. The molecule has 4 nitrogen and oxygen atoms in total. The maximum Gasteiger partial charge on any atom is 0.275 e. The average molecular weight is 271 g/mol.